The van der Waals surface area contributed by atoms with Crippen LogP contribution in [0.1, 0.15) is 60.9 Å². The van der Waals surface area contributed by atoms with Crippen molar-refractivity contribution in [2.75, 3.05) is 6.54 Å². The molecule has 2 aromatic rings. The largest absolute Gasteiger partial charge is 0.461 e. The van der Waals surface area contributed by atoms with E-state index < -0.39 is 0 Å². The van der Waals surface area contributed by atoms with Crippen LogP contribution in [0, 0.1) is 0 Å². The molecular weight excluding hydrogens is 318 g/mol. The minimum atomic E-state index is -0.217. The van der Waals surface area contributed by atoms with Crippen LogP contribution >= 0.6 is 0 Å². The molecule has 1 heterocycles. The molecule has 0 radical (unpaired) electrons. The van der Waals surface area contributed by atoms with Gasteiger partial charge in [-0.15, -0.1) is 0 Å². The van der Waals surface area contributed by atoms with E-state index in [1.807, 2.05) is 44.2 Å². The van der Waals surface area contributed by atoms with E-state index in [9.17, 15) is 9.59 Å². The number of aromatic amines is 1. The highest BCUT2D eigenvalue weighted by Crippen LogP contribution is 2.09. The van der Waals surface area contributed by atoms with E-state index >= 15 is 0 Å². The van der Waals surface area contributed by atoms with Crippen LogP contribution in [0.5, 0.6) is 0 Å². The quantitative estimate of drug-likeness (QED) is 0.541. The maximum absolute atomic E-state index is 12.0. The fraction of sp³-hybridized carbons (Fsp3) is 0.421. The molecular formula is C19H25N3O3. The molecule has 0 bridgehead atoms. The molecule has 2 rings (SSSR count). The van der Waals surface area contributed by atoms with Gasteiger partial charge >= 0.3 is 5.97 Å². The van der Waals surface area contributed by atoms with Crippen LogP contribution in [-0.4, -0.2) is 28.4 Å². The van der Waals surface area contributed by atoms with E-state index in [4.69, 9.17) is 4.74 Å². The van der Waals surface area contributed by atoms with Crippen molar-refractivity contribution in [3.8, 4) is 0 Å². The summed E-state index contributed by atoms with van der Waals surface area (Å²) in [4.78, 5) is 30.8. The van der Waals surface area contributed by atoms with E-state index in [0.29, 0.717) is 31.7 Å². The number of hydrogen-bond acceptors (Lipinski definition) is 4. The van der Waals surface area contributed by atoms with Crippen molar-refractivity contribution in [1.29, 1.82) is 0 Å². The maximum atomic E-state index is 12.0. The number of carbonyl (C=O) groups excluding carboxylic acids is 2. The SMILES string of the molecule is CC(C)c1ncc(C(=O)NCCCCC(=O)OCc2ccccc2)[nH]1. The number of imidazole rings is 1. The average molecular weight is 343 g/mol. The summed E-state index contributed by atoms with van der Waals surface area (Å²) in [5.41, 5.74) is 1.44. The summed E-state index contributed by atoms with van der Waals surface area (Å²) >= 11 is 0. The second kappa shape index (κ2) is 9.61. The molecule has 0 atom stereocenters. The molecule has 1 aromatic carbocycles. The summed E-state index contributed by atoms with van der Waals surface area (Å²) < 4.78 is 5.21. The zero-order valence-corrected chi connectivity index (χ0v) is 14.7. The Morgan fingerprint density at radius 3 is 2.64 bits per heavy atom. The summed E-state index contributed by atoms with van der Waals surface area (Å²) in [5.74, 6) is 0.658. The fourth-order valence-electron chi connectivity index (χ4n) is 2.25. The van der Waals surface area contributed by atoms with Crippen LogP contribution in [0.25, 0.3) is 0 Å². The van der Waals surface area contributed by atoms with E-state index in [2.05, 4.69) is 15.3 Å². The van der Waals surface area contributed by atoms with E-state index in [1.54, 1.807) is 6.20 Å². The summed E-state index contributed by atoms with van der Waals surface area (Å²) in [7, 11) is 0. The van der Waals surface area contributed by atoms with Gasteiger partial charge in [-0.2, -0.15) is 0 Å². The minimum absolute atomic E-state index is 0.175. The summed E-state index contributed by atoms with van der Waals surface area (Å²) in [5, 5.41) is 2.82. The number of nitrogens with one attached hydrogen (secondary N) is 2. The van der Waals surface area contributed by atoms with Crippen LogP contribution in [-0.2, 0) is 16.1 Å². The Morgan fingerprint density at radius 2 is 1.96 bits per heavy atom. The highest BCUT2D eigenvalue weighted by Gasteiger charge is 2.11. The number of ether oxygens (including phenoxy) is 1. The number of carbonyl (C=O) groups is 2. The first-order valence-electron chi connectivity index (χ1n) is 8.59. The predicted molar refractivity (Wildman–Crippen MR) is 95.1 cm³/mol. The summed E-state index contributed by atoms with van der Waals surface area (Å²) in [6.45, 7) is 4.84. The van der Waals surface area contributed by atoms with Crippen LogP contribution in [0.2, 0.25) is 0 Å². The molecule has 2 N–H and O–H groups in total. The lowest BCUT2D eigenvalue weighted by atomic mass is 10.2. The molecule has 0 saturated carbocycles. The minimum Gasteiger partial charge on any atom is -0.461 e. The molecule has 1 aromatic heterocycles. The zero-order chi connectivity index (χ0) is 18.1. The first-order chi connectivity index (χ1) is 12.1. The molecule has 0 aliphatic rings. The van der Waals surface area contributed by atoms with E-state index in [0.717, 1.165) is 17.8 Å². The van der Waals surface area contributed by atoms with E-state index in [-0.39, 0.29) is 17.8 Å². The normalized spacial score (nSPS) is 10.7. The van der Waals surface area contributed by atoms with Crippen molar-refractivity contribution < 1.29 is 14.3 Å². The standard InChI is InChI=1S/C19H25N3O3/c1-14(2)18-21-12-16(22-18)19(24)20-11-7-6-10-17(23)25-13-15-8-4-3-5-9-15/h3-5,8-9,12,14H,6-7,10-11,13H2,1-2H3,(H,20,24)(H,21,22). The van der Waals surface area contributed by atoms with Gasteiger partial charge in [-0.3, -0.25) is 9.59 Å². The summed E-state index contributed by atoms with van der Waals surface area (Å²) in [6, 6.07) is 9.59. The fourth-order valence-corrected chi connectivity index (χ4v) is 2.25. The van der Waals surface area contributed by atoms with Crippen molar-refractivity contribution in [3.63, 3.8) is 0 Å². The van der Waals surface area contributed by atoms with Crippen LogP contribution in [0.15, 0.2) is 36.5 Å². The average Bonchev–Trinajstić information content (AvgIpc) is 3.11. The molecule has 134 valence electrons. The molecule has 25 heavy (non-hydrogen) atoms. The molecule has 0 spiro atoms. The van der Waals surface area contributed by atoms with Gasteiger partial charge < -0.3 is 15.0 Å². The van der Waals surface area contributed by atoms with Gasteiger partial charge in [0, 0.05) is 18.9 Å². The first kappa shape index (κ1) is 18.7. The van der Waals surface area contributed by atoms with Gasteiger partial charge in [-0.05, 0) is 18.4 Å². The van der Waals surface area contributed by atoms with Gasteiger partial charge in [0.1, 0.15) is 18.1 Å². The highest BCUT2D eigenvalue weighted by atomic mass is 16.5. The number of hydrogen-bond donors (Lipinski definition) is 2. The molecule has 6 heteroatoms. The smallest absolute Gasteiger partial charge is 0.306 e. The molecule has 0 unspecified atom stereocenters. The molecule has 0 aliphatic carbocycles. The van der Waals surface area contributed by atoms with Gasteiger partial charge in [-0.1, -0.05) is 44.2 Å². The van der Waals surface area contributed by atoms with Gasteiger partial charge in [-0.25, -0.2) is 4.98 Å². The van der Waals surface area contributed by atoms with Gasteiger partial charge in [0.15, 0.2) is 0 Å². The van der Waals surface area contributed by atoms with Crippen LogP contribution < -0.4 is 5.32 Å². The number of amides is 1. The second-order valence-corrected chi connectivity index (χ2v) is 6.20. The van der Waals surface area contributed by atoms with E-state index in [1.165, 1.54) is 0 Å². The van der Waals surface area contributed by atoms with Crippen molar-refractivity contribution >= 4 is 11.9 Å². The molecule has 0 fully saturated rings. The lowest BCUT2D eigenvalue weighted by Crippen LogP contribution is -2.25. The molecule has 1 amide bonds. The number of unbranched alkanes of at least 4 members (excludes halogenated alkanes) is 1. The van der Waals surface area contributed by atoms with Crippen molar-refractivity contribution in [1.82, 2.24) is 15.3 Å². The molecule has 6 nitrogen and oxygen atoms in total. The number of aromatic nitrogens is 2. The molecule has 0 aliphatic heterocycles. The monoisotopic (exact) mass is 343 g/mol. The number of benzene rings is 1. The third-order valence-electron chi connectivity index (χ3n) is 3.72. The number of rotatable bonds is 9. The Morgan fingerprint density at radius 1 is 1.20 bits per heavy atom. The maximum Gasteiger partial charge on any atom is 0.306 e. The van der Waals surface area contributed by atoms with Gasteiger partial charge in [0.25, 0.3) is 5.91 Å². The Hall–Kier alpha value is -2.63. The second-order valence-electron chi connectivity index (χ2n) is 6.20. The zero-order valence-electron chi connectivity index (χ0n) is 14.7. The van der Waals surface area contributed by atoms with Gasteiger partial charge in [0.2, 0.25) is 0 Å². The topological polar surface area (TPSA) is 84.1 Å². The predicted octanol–water partition coefficient (Wildman–Crippen LogP) is 3.18. The summed E-state index contributed by atoms with van der Waals surface area (Å²) in [6.07, 6.45) is 3.29. The lowest BCUT2D eigenvalue weighted by Gasteiger charge is -2.06. The van der Waals surface area contributed by atoms with Crippen LogP contribution in [0.3, 0.4) is 0 Å². The Labute approximate surface area is 148 Å². The first-order valence-corrected chi connectivity index (χ1v) is 8.59. The Kier molecular flexibility index (Phi) is 7.19. The van der Waals surface area contributed by atoms with Crippen LogP contribution in [0.4, 0.5) is 0 Å². The van der Waals surface area contributed by atoms with Crippen molar-refractivity contribution in [3.05, 3.63) is 53.6 Å². The molecule has 0 saturated heterocycles. The third-order valence-corrected chi connectivity index (χ3v) is 3.72. The number of esters is 1. The number of nitrogens with zero attached hydrogens (tertiary/aromatic N) is 1. The Balaban J connectivity index is 1.57. The van der Waals surface area contributed by atoms with Gasteiger partial charge in [0.05, 0.1) is 6.20 Å². The third kappa shape index (κ3) is 6.41. The van der Waals surface area contributed by atoms with Crippen molar-refractivity contribution in [2.24, 2.45) is 0 Å². The Bertz CT molecular complexity index is 680. The van der Waals surface area contributed by atoms with Crippen molar-refractivity contribution in [2.45, 2.75) is 45.6 Å². The highest BCUT2D eigenvalue weighted by molar-refractivity contribution is 5.92. The lowest BCUT2D eigenvalue weighted by molar-refractivity contribution is -0.145. The number of H-pyrrole nitrogens is 1.